The molecule has 3 aromatic rings. The molecule has 0 spiro atoms. The number of carbonyl (C=O) groups excluding carboxylic acids is 1. The summed E-state index contributed by atoms with van der Waals surface area (Å²) in [7, 11) is -3.48. The van der Waals surface area contributed by atoms with E-state index in [0.29, 0.717) is 29.2 Å². The van der Waals surface area contributed by atoms with Crippen LogP contribution in [0.2, 0.25) is 0 Å². The molecule has 0 radical (unpaired) electrons. The number of hydrogen-bond donors (Lipinski definition) is 1. The minimum atomic E-state index is -3.48. The van der Waals surface area contributed by atoms with Crippen LogP contribution in [0, 0.1) is 17.8 Å². The van der Waals surface area contributed by atoms with Crippen LogP contribution in [0.25, 0.3) is 11.0 Å². The number of carbonyl (C=O) groups is 1. The minimum absolute atomic E-state index is 0.00631. The van der Waals surface area contributed by atoms with E-state index in [1.165, 1.54) is 24.8 Å². The highest BCUT2D eigenvalue weighted by molar-refractivity contribution is 7.92. The molecule has 3 heterocycles. The van der Waals surface area contributed by atoms with Crippen molar-refractivity contribution in [2.24, 2.45) is 17.8 Å². The largest absolute Gasteiger partial charge is 0.335 e. The minimum Gasteiger partial charge on any atom is -0.335 e. The molecular formula is C27H32N4O3S. The molecule has 7 nitrogen and oxygen atoms in total. The zero-order valence-corrected chi connectivity index (χ0v) is 20.9. The van der Waals surface area contributed by atoms with Crippen LogP contribution in [0.5, 0.6) is 0 Å². The van der Waals surface area contributed by atoms with E-state index >= 15 is 0 Å². The molecule has 4 bridgehead atoms. The first kappa shape index (κ1) is 22.6. The number of fused-ring (bicyclic) bond motifs is 2. The highest BCUT2D eigenvalue weighted by Crippen LogP contribution is 2.48. The first-order chi connectivity index (χ1) is 16.8. The molecule has 184 valence electrons. The van der Waals surface area contributed by atoms with E-state index in [2.05, 4.69) is 26.7 Å². The van der Waals surface area contributed by atoms with Gasteiger partial charge in [-0.2, -0.15) is 0 Å². The number of rotatable bonds is 6. The van der Waals surface area contributed by atoms with Crippen LogP contribution in [-0.4, -0.2) is 47.6 Å². The molecule has 35 heavy (non-hydrogen) atoms. The summed E-state index contributed by atoms with van der Waals surface area (Å²) in [6, 6.07) is 14.0. The first-order valence-electron chi connectivity index (χ1n) is 12.6. The van der Waals surface area contributed by atoms with Crippen LogP contribution in [0.1, 0.15) is 48.0 Å². The second-order valence-corrected chi connectivity index (χ2v) is 12.6. The maximum atomic E-state index is 14.2. The zero-order chi connectivity index (χ0) is 24.2. The Balaban J connectivity index is 1.39. The predicted molar refractivity (Wildman–Crippen MR) is 137 cm³/mol. The molecule has 2 aromatic carbocycles. The van der Waals surface area contributed by atoms with Crippen molar-refractivity contribution in [3.05, 3.63) is 59.9 Å². The summed E-state index contributed by atoms with van der Waals surface area (Å²) in [6.45, 7) is 1.50. The molecule has 2 unspecified atom stereocenters. The Labute approximate surface area is 206 Å². The summed E-state index contributed by atoms with van der Waals surface area (Å²) in [5.41, 5.74) is 3.57. The fraction of sp³-hybridized carbons (Fsp3) is 0.481. The summed E-state index contributed by atoms with van der Waals surface area (Å²) in [6.07, 6.45) is 9.69. The third kappa shape index (κ3) is 4.56. The van der Waals surface area contributed by atoms with Gasteiger partial charge in [-0.3, -0.25) is 9.52 Å². The average Bonchev–Trinajstić information content (AvgIpc) is 3.11. The average molecular weight is 493 g/mol. The van der Waals surface area contributed by atoms with Gasteiger partial charge in [-0.05, 0) is 74.0 Å². The van der Waals surface area contributed by atoms with E-state index in [4.69, 9.17) is 0 Å². The number of benzene rings is 2. The van der Waals surface area contributed by atoms with Crippen LogP contribution < -0.4 is 4.72 Å². The number of anilines is 1. The SMILES string of the molecule is CS(=O)(=O)Nc1cc(C(=O)N2CC3C[C@@H]4CC2C[C@H](C3)C4)c2c(c1)ncn2CCc1ccccc1. The van der Waals surface area contributed by atoms with Gasteiger partial charge in [0.2, 0.25) is 10.0 Å². The lowest BCUT2D eigenvalue weighted by Gasteiger charge is -2.39. The lowest BCUT2D eigenvalue weighted by Crippen LogP contribution is -2.42. The van der Waals surface area contributed by atoms with Gasteiger partial charge in [0.25, 0.3) is 5.91 Å². The van der Waals surface area contributed by atoms with E-state index in [9.17, 15) is 13.2 Å². The molecule has 4 fully saturated rings. The van der Waals surface area contributed by atoms with Gasteiger partial charge < -0.3 is 9.47 Å². The quantitative estimate of drug-likeness (QED) is 0.556. The van der Waals surface area contributed by atoms with Gasteiger partial charge in [-0.15, -0.1) is 0 Å². The molecule has 4 atom stereocenters. The summed E-state index contributed by atoms with van der Waals surface area (Å²) in [5, 5.41) is 0. The van der Waals surface area contributed by atoms with E-state index < -0.39 is 10.0 Å². The lowest BCUT2D eigenvalue weighted by molar-refractivity contribution is 0.0634. The van der Waals surface area contributed by atoms with Gasteiger partial charge in [0.05, 0.1) is 34.9 Å². The van der Waals surface area contributed by atoms with Crippen molar-refractivity contribution in [3.63, 3.8) is 0 Å². The number of aromatic nitrogens is 2. The van der Waals surface area contributed by atoms with Crippen molar-refractivity contribution < 1.29 is 13.2 Å². The molecule has 8 heteroatoms. The van der Waals surface area contributed by atoms with E-state index in [0.717, 1.165) is 49.4 Å². The summed E-state index contributed by atoms with van der Waals surface area (Å²) < 4.78 is 28.6. The zero-order valence-electron chi connectivity index (χ0n) is 20.1. The van der Waals surface area contributed by atoms with Crippen molar-refractivity contribution >= 4 is 32.7 Å². The number of sulfonamides is 1. The van der Waals surface area contributed by atoms with Gasteiger partial charge in [-0.25, -0.2) is 13.4 Å². The van der Waals surface area contributed by atoms with E-state index in [-0.39, 0.29) is 11.9 Å². The van der Waals surface area contributed by atoms with Crippen molar-refractivity contribution in [2.75, 3.05) is 17.5 Å². The predicted octanol–water partition coefficient (Wildman–Crippen LogP) is 4.30. The number of aryl methyl sites for hydroxylation is 2. The molecule has 2 aliphatic carbocycles. The highest BCUT2D eigenvalue weighted by Gasteiger charge is 2.44. The number of amides is 1. The van der Waals surface area contributed by atoms with Crippen molar-refractivity contribution in [3.8, 4) is 0 Å². The number of nitrogens with one attached hydrogen (secondary N) is 1. The van der Waals surface area contributed by atoms with E-state index in [1.807, 2.05) is 22.8 Å². The van der Waals surface area contributed by atoms with Crippen LogP contribution in [0.15, 0.2) is 48.8 Å². The molecule has 2 saturated heterocycles. The third-order valence-electron chi connectivity index (χ3n) is 8.10. The number of imidazole rings is 1. The molecular weight excluding hydrogens is 460 g/mol. The molecule has 1 amide bonds. The van der Waals surface area contributed by atoms with Gasteiger partial charge in [0.15, 0.2) is 0 Å². The third-order valence-corrected chi connectivity index (χ3v) is 8.70. The Bertz CT molecular complexity index is 1350. The summed E-state index contributed by atoms with van der Waals surface area (Å²) >= 11 is 0. The molecule has 2 aliphatic heterocycles. The van der Waals surface area contributed by atoms with Gasteiger partial charge in [-0.1, -0.05) is 30.3 Å². The van der Waals surface area contributed by atoms with Gasteiger partial charge in [0, 0.05) is 19.1 Å². The maximum absolute atomic E-state index is 14.2. The maximum Gasteiger partial charge on any atom is 0.256 e. The van der Waals surface area contributed by atoms with Crippen molar-refractivity contribution in [2.45, 2.75) is 51.1 Å². The van der Waals surface area contributed by atoms with Crippen molar-refractivity contribution in [1.82, 2.24) is 14.5 Å². The van der Waals surface area contributed by atoms with Crippen LogP contribution in [0.4, 0.5) is 5.69 Å². The lowest BCUT2D eigenvalue weighted by atomic mass is 9.68. The van der Waals surface area contributed by atoms with Crippen LogP contribution >= 0.6 is 0 Å². The molecule has 7 rings (SSSR count). The highest BCUT2D eigenvalue weighted by atomic mass is 32.2. The normalized spacial score (nSPS) is 25.7. The Kier molecular flexibility index (Phi) is 5.59. The standard InChI is InChI=1S/C27H32N4O3S/c1-35(33,34)29-22-14-24(27(32)31-16-21-10-19-9-20(11-21)13-23(31)12-19)26-25(15-22)28-17-30(26)8-7-18-5-3-2-4-6-18/h2-6,14-15,17,19-21,23,29H,7-13,16H2,1H3/t19-,20+,21?,23?. The Morgan fingerprint density at radius 3 is 2.46 bits per heavy atom. The monoisotopic (exact) mass is 492 g/mol. The topological polar surface area (TPSA) is 84.3 Å². The smallest absolute Gasteiger partial charge is 0.256 e. The van der Waals surface area contributed by atoms with Crippen LogP contribution in [0.3, 0.4) is 0 Å². The Morgan fingerprint density at radius 2 is 1.74 bits per heavy atom. The molecule has 1 aromatic heterocycles. The fourth-order valence-corrected chi connectivity index (χ4v) is 7.44. The number of hydrogen-bond acceptors (Lipinski definition) is 4. The first-order valence-corrected chi connectivity index (χ1v) is 14.5. The second kappa shape index (κ2) is 8.66. The second-order valence-electron chi connectivity index (χ2n) is 10.8. The van der Waals surface area contributed by atoms with Crippen molar-refractivity contribution in [1.29, 1.82) is 0 Å². The Morgan fingerprint density at radius 1 is 1.03 bits per heavy atom. The fourth-order valence-electron chi connectivity index (χ4n) is 6.90. The Hall–Kier alpha value is -2.87. The van der Waals surface area contributed by atoms with Crippen LogP contribution in [-0.2, 0) is 23.0 Å². The van der Waals surface area contributed by atoms with Gasteiger partial charge >= 0.3 is 0 Å². The molecule has 1 N–H and O–H groups in total. The summed E-state index contributed by atoms with van der Waals surface area (Å²) in [4.78, 5) is 20.9. The molecule has 4 aliphatic rings. The summed E-state index contributed by atoms with van der Waals surface area (Å²) in [5.74, 6) is 2.06. The number of nitrogens with zero attached hydrogens (tertiary/aromatic N) is 3. The van der Waals surface area contributed by atoms with Gasteiger partial charge in [0.1, 0.15) is 0 Å². The van der Waals surface area contributed by atoms with E-state index in [1.54, 1.807) is 18.5 Å². The molecule has 2 saturated carbocycles.